The summed E-state index contributed by atoms with van der Waals surface area (Å²) in [5, 5.41) is 7.95. The lowest BCUT2D eigenvalue weighted by Crippen LogP contribution is -2.18. The first-order chi connectivity index (χ1) is 12.3. The molecule has 0 saturated carbocycles. The molecule has 1 aromatic carbocycles. The zero-order valence-electron chi connectivity index (χ0n) is 16.6. The third-order valence-corrected chi connectivity index (χ3v) is 4.62. The van der Waals surface area contributed by atoms with Gasteiger partial charge in [-0.1, -0.05) is 12.1 Å². The lowest BCUT2D eigenvalue weighted by atomic mass is 10.1. The summed E-state index contributed by atoms with van der Waals surface area (Å²) in [6, 6.07) is 4.18. The molecule has 0 fully saturated rings. The van der Waals surface area contributed by atoms with E-state index < -0.39 is 0 Å². The third-order valence-electron chi connectivity index (χ3n) is 4.62. The zero-order valence-corrected chi connectivity index (χ0v) is 16.6. The molecule has 26 heavy (non-hydrogen) atoms. The van der Waals surface area contributed by atoms with Crippen molar-refractivity contribution in [2.45, 2.75) is 40.7 Å². The molecule has 0 saturated heterocycles. The van der Waals surface area contributed by atoms with Crippen LogP contribution in [0.2, 0.25) is 0 Å². The van der Waals surface area contributed by atoms with E-state index in [2.05, 4.69) is 41.1 Å². The molecule has 0 aliphatic rings. The molecule has 0 unspecified atom stereocenters. The van der Waals surface area contributed by atoms with E-state index >= 15 is 0 Å². The summed E-state index contributed by atoms with van der Waals surface area (Å²) >= 11 is 0. The Morgan fingerprint density at radius 2 is 1.85 bits per heavy atom. The van der Waals surface area contributed by atoms with Gasteiger partial charge in [-0.25, -0.2) is 4.79 Å². The minimum absolute atomic E-state index is 0.0699. The van der Waals surface area contributed by atoms with Gasteiger partial charge in [-0.3, -0.25) is 4.68 Å². The van der Waals surface area contributed by atoms with E-state index in [9.17, 15) is 4.79 Å². The van der Waals surface area contributed by atoms with Gasteiger partial charge in [0.05, 0.1) is 12.8 Å². The monoisotopic (exact) mass is 359 g/mol. The van der Waals surface area contributed by atoms with E-state index in [1.807, 2.05) is 25.6 Å². The highest BCUT2D eigenvalue weighted by atomic mass is 16.6. The van der Waals surface area contributed by atoms with Crippen LogP contribution in [0.15, 0.2) is 12.1 Å². The van der Waals surface area contributed by atoms with Crippen LogP contribution in [0.4, 0.5) is 0 Å². The van der Waals surface area contributed by atoms with E-state index in [4.69, 9.17) is 4.74 Å². The highest BCUT2D eigenvalue weighted by Gasteiger charge is 2.10. The fourth-order valence-corrected chi connectivity index (χ4v) is 3.19. The average molecular weight is 359 g/mol. The molecule has 0 bridgehead atoms. The summed E-state index contributed by atoms with van der Waals surface area (Å²) in [5.74, 6) is 0.372. The number of methoxy groups -OCH3 is 1. The summed E-state index contributed by atoms with van der Waals surface area (Å²) < 4.78 is 12.1. The van der Waals surface area contributed by atoms with Crippen LogP contribution in [0.5, 0.6) is 5.75 Å². The van der Waals surface area contributed by atoms with Crippen molar-refractivity contribution in [2.75, 3.05) is 20.3 Å². The van der Waals surface area contributed by atoms with E-state index in [-0.39, 0.29) is 12.6 Å². The van der Waals surface area contributed by atoms with Crippen molar-refractivity contribution in [2.24, 2.45) is 7.05 Å². The van der Waals surface area contributed by atoms with Crippen LogP contribution < -0.4 is 10.1 Å². The maximum atomic E-state index is 11.3. The summed E-state index contributed by atoms with van der Waals surface area (Å²) in [4.78, 5) is 11.3. The van der Waals surface area contributed by atoms with E-state index in [0.29, 0.717) is 0 Å². The van der Waals surface area contributed by atoms with Gasteiger partial charge in [0.25, 0.3) is 0 Å². The molecule has 1 N–H and O–H groups in total. The number of hydrogen-bond donors (Lipinski definition) is 1. The molecular weight excluding hydrogens is 330 g/mol. The Labute approximate surface area is 155 Å². The number of nitrogens with one attached hydrogen (secondary N) is 1. The lowest BCUT2D eigenvalue weighted by Gasteiger charge is -2.14. The molecule has 142 valence electrons. The van der Waals surface area contributed by atoms with Crippen molar-refractivity contribution in [3.05, 3.63) is 45.8 Å². The van der Waals surface area contributed by atoms with Gasteiger partial charge >= 0.3 is 5.97 Å². The summed E-state index contributed by atoms with van der Waals surface area (Å²) in [5.41, 5.74) is 6.88. The smallest absolute Gasteiger partial charge is 0.343 e. The molecule has 1 aromatic heterocycles. The Hall–Kier alpha value is -2.34. The molecule has 6 nitrogen and oxygen atoms in total. The molecular formula is C20H29N3O3. The summed E-state index contributed by atoms with van der Waals surface area (Å²) in [6.07, 6.45) is 0.962. The fraction of sp³-hybridized carbons (Fsp3) is 0.500. The number of rotatable bonds is 8. The standard InChI is InChI=1S/C20H29N3O3/c1-13-9-17(10-14(2)20(13)26-12-19(24)25-6)11-21-8-7-18-15(3)22-23(5)16(18)4/h9-10,21H,7-8,11-12H2,1-6H3. The van der Waals surface area contributed by atoms with Crippen molar-refractivity contribution >= 4 is 5.97 Å². The van der Waals surface area contributed by atoms with Crippen LogP contribution in [-0.2, 0) is 29.5 Å². The molecule has 0 spiro atoms. The van der Waals surface area contributed by atoms with Crippen LogP contribution in [0, 0.1) is 27.7 Å². The normalized spacial score (nSPS) is 10.8. The first-order valence-corrected chi connectivity index (χ1v) is 8.83. The molecule has 0 aliphatic carbocycles. The van der Waals surface area contributed by atoms with Gasteiger partial charge < -0.3 is 14.8 Å². The van der Waals surface area contributed by atoms with Gasteiger partial charge in [-0.15, -0.1) is 0 Å². The Morgan fingerprint density at radius 3 is 2.38 bits per heavy atom. The third kappa shape index (κ3) is 4.85. The van der Waals surface area contributed by atoms with Crippen molar-refractivity contribution < 1.29 is 14.3 Å². The maximum absolute atomic E-state index is 11.3. The average Bonchev–Trinajstić information content (AvgIpc) is 2.83. The number of ether oxygens (including phenoxy) is 2. The van der Waals surface area contributed by atoms with Crippen molar-refractivity contribution in [1.82, 2.24) is 15.1 Å². The Kier molecular flexibility index (Phi) is 6.80. The number of hydrogen-bond acceptors (Lipinski definition) is 5. The number of nitrogens with zero attached hydrogens (tertiary/aromatic N) is 2. The first kappa shape index (κ1) is 20.0. The summed E-state index contributed by atoms with van der Waals surface area (Å²) in [6.45, 7) is 9.76. The van der Waals surface area contributed by atoms with Crippen LogP contribution in [0.3, 0.4) is 0 Å². The highest BCUT2D eigenvalue weighted by Crippen LogP contribution is 2.25. The van der Waals surface area contributed by atoms with Crippen molar-refractivity contribution in [3.63, 3.8) is 0 Å². The van der Waals surface area contributed by atoms with Gasteiger partial charge in [0.2, 0.25) is 0 Å². The Balaban J connectivity index is 1.91. The minimum Gasteiger partial charge on any atom is -0.481 e. The largest absolute Gasteiger partial charge is 0.481 e. The van der Waals surface area contributed by atoms with E-state index in [0.717, 1.165) is 42.1 Å². The lowest BCUT2D eigenvalue weighted by molar-refractivity contribution is -0.142. The number of carbonyl (C=O) groups excluding carboxylic acids is 1. The van der Waals surface area contributed by atoms with Gasteiger partial charge in [-0.05, 0) is 62.9 Å². The first-order valence-electron chi connectivity index (χ1n) is 8.83. The van der Waals surface area contributed by atoms with E-state index in [1.54, 1.807) is 0 Å². The second-order valence-electron chi connectivity index (χ2n) is 6.62. The predicted molar refractivity (Wildman–Crippen MR) is 102 cm³/mol. The van der Waals surface area contributed by atoms with Crippen molar-refractivity contribution in [1.29, 1.82) is 0 Å². The molecule has 0 amide bonds. The van der Waals surface area contributed by atoms with Gasteiger partial charge in [-0.2, -0.15) is 5.10 Å². The summed E-state index contributed by atoms with van der Waals surface area (Å²) in [7, 11) is 3.34. The maximum Gasteiger partial charge on any atom is 0.343 e. The highest BCUT2D eigenvalue weighted by molar-refractivity contribution is 5.71. The predicted octanol–water partition coefficient (Wildman–Crippen LogP) is 2.54. The number of esters is 1. The molecule has 6 heteroatoms. The van der Waals surface area contributed by atoms with Crippen LogP contribution >= 0.6 is 0 Å². The molecule has 0 aliphatic heterocycles. The van der Waals surface area contributed by atoms with Crippen LogP contribution in [0.1, 0.15) is 33.6 Å². The second kappa shape index (κ2) is 8.85. The topological polar surface area (TPSA) is 65.4 Å². The molecule has 2 aromatic rings. The number of carbonyl (C=O) groups is 1. The zero-order chi connectivity index (χ0) is 19.3. The minimum atomic E-state index is -0.379. The van der Waals surface area contributed by atoms with Crippen LogP contribution in [0.25, 0.3) is 0 Å². The quantitative estimate of drug-likeness (QED) is 0.580. The SMILES string of the molecule is COC(=O)COc1c(C)cc(CNCCc2c(C)nn(C)c2C)cc1C. The van der Waals surface area contributed by atoms with Gasteiger partial charge in [0.15, 0.2) is 6.61 Å². The molecule has 0 radical (unpaired) electrons. The molecule has 2 rings (SSSR count). The number of aromatic nitrogens is 2. The Bertz CT molecular complexity index is 758. The number of aryl methyl sites for hydroxylation is 4. The number of benzene rings is 1. The van der Waals surface area contributed by atoms with Crippen molar-refractivity contribution in [3.8, 4) is 5.75 Å². The van der Waals surface area contributed by atoms with Crippen LogP contribution in [-0.4, -0.2) is 36.0 Å². The Morgan fingerprint density at radius 1 is 1.19 bits per heavy atom. The molecule has 1 heterocycles. The fourth-order valence-electron chi connectivity index (χ4n) is 3.19. The van der Waals surface area contributed by atoms with Gasteiger partial charge in [0.1, 0.15) is 5.75 Å². The van der Waals surface area contributed by atoms with Gasteiger partial charge in [0, 0.05) is 19.3 Å². The molecule has 0 atom stereocenters. The second-order valence-corrected chi connectivity index (χ2v) is 6.62. The van der Waals surface area contributed by atoms with E-state index in [1.165, 1.54) is 23.9 Å².